The molecule has 0 fully saturated rings. The zero-order valence-electron chi connectivity index (χ0n) is 51.1. The van der Waals surface area contributed by atoms with E-state index >= 15 is 0 Å². The van der Waals surface area contributed by atoms with Crippen molar-refractivity contribution in [3.63, 3.8) is 0 Å². The van der Waals surface area contributed by atoms with E-state index in [9.17, 15) is 14.7 Å². The highest BCUT2D eigenvalue weighted by molar-refractivity contribution is 5.70. The minimum atomic E-state index is -0.781. The molecule has 0 saturated heterocycles. The molecule has 0 heterocycles. The maximum absolute atomic E-state index is 12.4. The standard InChI is InChI=1S/C73H124O5/c1-3-5-7-9-11-13-15-17-19-21-23-25-27-28-29-30-31-32-33-34-35-36-37-38-39-40-41-42-43-44-46-48-50-52-54-56-58-60-62-64-66-68-73(76)78-71(69-74)70-77-72(75)67-65-63-61-59-57-55-53-51-49-47-45-26-24-22-20-18-16-14-12-10-8-6-4-2/h5,7,11,13,16-19,22-25,28-29,31-32,34-35,45,47,71,74H,3-4,6,8-10,12,14-15,20-21,26-27,30,33,36-44,46,48-70H2,1-2H3/b7-5-,13-11-,18-16-,19-17-,24-22-,25-23-,29-28-,32-31-,35-34-,47-45-. The van der Waals surface area contributed by atoms with Crippen LogP contribution < -0.4 is 0 Å². The number of unbranched alkanes of at least 4 members (excludes halogenated alkanes) is 32. The van der Waals surface area contributed by atoms with Crippen molar-refractivity contribution in [2.45, 2.75) is 315 Å². The second kappa shape index (κ2) is 67.6. The van der Waals surface area contributed by atoms with Gasteiger partial charge < -0.3 is 14.6 Å². The molecule has 0 aliphatic carbocycles. The number of ether oxygens (including phenoxy) is 2. The van der Waals surface area contributed by atoms with E-state index in [1.54, 1.807) is 0 Å². The van der Waals surface area contributed by atoms with E-state index in [4.69, 9.17) is 9.47 Å². The summed E-state index contributed by atoms with van der Waals surface area (Å²) < 4.78 is 10.7. The minimum Gasteiger partial charge on any atom is -0.462 e. The van der Waals surface area contributed by atoms with Gasteiger partial charge in [-0.3, -0.25) is 9.59 Å². The number of aliphatic hydroxyl groups excluding tert-OH is 1. The molecule has 1 unspecified atom stereocenters. The zero-order valence-corrected chi connectivity index (χ0v) is 51.1. The first-order chi connectivity index (χ1) is 38.6. The summed E-state index contributed by atoms with van der Waals surface area (Å²) in [5.41, 5.74) is 0. The van der Waals surface area contributed by atoms with E-state index in [2.05, 4.69) is 135 Å². The van der Waals surface area contributed by atoms with Crippen molar-refractivity contribution in [3.8, 4) is 0 Å². The van der Waals surface area contributed by atoms with Crippen LogP contribution in [0.25, 0.3) is 0 Å². The molecule has 0 aliphatic rings. The molecule has 1 N–H and O–H groups in total. The fraction of sp³-hybridized carbons (Fsp3) is 0.699. The van der Waals surface area contributed by atoms with Crippen LogP contribution in [0.2, 0.25) is 0 Å². The van der Waals surface area contributed by atoms with Gasteiger partial charge in [-0.2, -0.15) is 0 Å². The van der Waals surface area contributed by atoms with E-state index < -0.39 is 6.10 Å². The Kier molecular flexibility index (Phi) is 64.4. The molecule has 0 spiro atoms. The second-order valence-corrected chi connectivity index (χ2v) is 21.8. The number of allylic oxidation sites excluding steroid dienone is 20. The third kappa shape index (κ3) is 64.8. The van der Waals surface area contributed by atoms with E-state index in [1.807, 2.05) is 0 Å². The van der Waals surface area contributed by atoms with Gasteiger partial charge in [0, 0.05) is 12.8 Å². The third-order valence-corrected chi connectivity index (χ3v) is 14.2. The molecule has 0 aromatic rings. The highest BCUT2D eigenvalue weighted by Gasteiger charge is 2.16. The molecule has 0 aliphatic heterocycles. The molecular formula is C73H124O5. The largest absolute Gasteiger partial charge is 0.462 e. The second-order valence-electron chi connectivity index (χ2n) is 21.8. The number of hydrogen-bond donors (Lipinski definition) is 1. The molecular weight excluding hydrogens is 957 g/mol. The van der Waals surface area contributed by atoms with Crippen LogP contribution in [0.15, 0.2) is 122 Å². The van der Waals surface area contributed by atoms with Crippen LogP contribution >= 0.6 is 0 Å². The Balaban J connectivity index is 3.48. The Morgan fingerprint density at radius 2 is 0.551 bits per heavy atom. The first-order valence-corrected chi connectivity index (χ1v) is 33.1. The van der Waals surface area contributed by atoms with Gasteiger partial charge in [0.1, 0.15) is 6.61 Å². The van der Waals surface area contributed by atoms with E-state index in [0.29, 0.717) is 12.8 Å². The first-order valence-electron chi connectivity index (χ1n) is 33.1. The van der Waals surface area contributed by atoms with Crippen LogP contribution in [-0.2, 0) is 19.1 Å². The van der Waals surface area contributed by atoms with Crippen LogP contribution in [0, 0.1) is 0 Å². The summed E-state index contributed by atoms with van der Waals surface area (Å²) in [7, 11) is 0. The molecule has 78 heavy (non-hydrogen) atoms. The lowest BCUT2D eigenvalue weighted by Crippen LogP contribution is -2.28. The lowest BCUT2D eigenvalue weighted by atomic mass is 10.0. The van der Waals surface area contributed by atoms with Crippen LogP contribution in [-0.4, -0.2) is 36.4 Å². The summed E-state index contributed by atoms with van der Waals surface area (Å²) in [4.78, 5) is 24.6. The minimum absolute atomic E-state index is 0.0719. The molecule has 0 rings (SSSR count). The number of rotatable bonds is 60. The van der Waals surface area contributed by atoms with E-state index in [-0.39, 0.29) is 25.2 Å². The summed E-state index contributed by atoms with van der Waals surface area (Å²) in [5.74, 6) is -0.592. The Morgan fingerprint density at radius 3 is 0.833 bits per heavy atom. The van der Waals surface area contributed by atoms with Crippen molar-refractivity contribution in [2.24, 2.45) is 0 Å². The van der Waals surface area contributed by atoms with Crippen LogP contribution in [0.4, 0.5) is 0 Å². The van der Waals surface area contributed by atoms with Crippen molar-refractivity contribution in [2.75, 3.05) is 13.2 Å². The molecule has 0 bridgehead atoms. The van der Waals surface area contributed by atoms with Gasteiger partial charge in [-0.1, -0.05) is 309 Å². The van der Waals surface area contributed by atoms with E-state index in [0.717, 1.165) is 96.3 Å². The summed E-state index contributed by atoms with van der Waals surface area (Å²) in [6, 6.07) is 0. The fourth-order valence-corrected chi connectivity index (χ4v) is 9.31. The average Bonchev–Trinajstić information content (AvgIpc) is 3.44. The quantitative estimate of drug-likeness (QED) is 0.0373. The Hall–Kier alpha value is -3.70. The summed E-state index contributed by atoms with van der Waals surface area (Å²) in [6.45, 7) is 4.03. The molecule has 0 saturated carbocycles. The maximum Gasteiger partial charge on any atom is 0.306 e. The maximum atomic E-state index is 12.4. The smallest absolute Gasteiger partial charge is 0.306 e. The van der Waals surface area contributed by atoms with Gasteiger partial charge in [-0.15, -0.1) is 0 Å². The zero-order chi connectivity index (χ0) is 56.2. The molecule has 1 atom stereocenters. The molecule has 446 valence electrons. The van der Waals surface area contributed by atoms with Crippen LogP contribution in [0.1, 0.15) is 309 Å². The lowest BCUT2D eigenvalue weighted by molar-refractivity contribution is -0.161. The molecule has 0 radical (unpaired) electrons. The number of hydrogen-bond acceptors (Lipinski definition) is 5. The average molecular weight is 1080 g/mol. The number of esters is 2. The van der Waals surface area contributed by atoms with E-state index in [1.165, 1.54) is 186 Å². The molecule has 0 aromatic carbocycles. The Bertz CT molecular complexity index is 1550. The highest BCUT2D eigenvalue weighted by Crippen LogP contribution is 2.17. The predicted molar refractivity (Wildman–Crippen MR) is 343 cm³/mol. The van der Waals surface area contributed by atoms with Gasteiger partial charge in [0.05, 0.1) is 6.61 Å². The van der Waals surface area contributed by atoms with Gasteiger partial charge in [0.15, 0.2) is 6.10 Å². The third-order valence-electron chi connectivity index (χ3n) is 14.2. The summed E-state index contributed by atoms with van der Waals surface area (Å²) in [6.07, 6.45) is 99.2. The normalized spacial score (nSPS) is 13.0. The monoisotopic (exact) mass is 1080 g/mol. The first kappa shape index (κ1) is 74.3. The predicted octanol–water partition coefficient (Wildman–Crippen LogP) is 23.0. The van der Waals surface area contributed by atoms with Gasteiger partial charge >= 0.3 is 11.9 Å². The van der Waals surface area contributed by atoms with Gasteiger partial charge in [0.25, 0.3) is 0 Å². The van der Waals surface area contributed by atoms with Crippen molar-refractivity contribution in [1.29, 1.82) is 0 Å². The van der Waals surface area contributed by atoms with Crippen molar-refractivity contribution >= 4 is 11.9 Å². The van der Waals surface area contributed by atoms with Gasteiger partial charge in [0.2, 0.25) is 0 Å². The number of carbonyl (C=O) groups is 2. The van der Waals surface area contributed by atoms with Gasteiger partial charge in [-0.05, 0) is 109 Å². The lowest BCUT2D eigenvalue weighted by Gasteiger charge is -2.15. The van der Waals surface area contributed by atoms with Crippen molar-refractivity contribution < 1.29 is 24.2 Å². The van der Waals surface area contributed by atoms with Crippen LogP contribution in [0.3, 0.4) is 0 Å². The Labute approximate surface area is 483 Å². The molecule has 5 nitrogen and oxygen atoms in total. The SMILES string of the molecule is CC/C=C\C/C=C\C/C=C\C/C=C\C/C=C\C/C=C\C/C=C\CCCCCCCCCCCCCCCCCCCCCC(=O)OC(CO)COC(=O)CCCCCCCCCC/C=C\C/C=C\C/C=C\CCCCCCC. The van der Waals surface area contributed by atoms with Crippen molar-refractivity contribution in [1.82, 2.24) is 0 Å². The Morgan fingerprint density at radius 1 is 0.308 bits per heavy atom. The van der Waals surface area contributed by atoms with Crippen molar-refractivity contribution in [3.05, 3.63) is 122 Å². The molecule has 0 amide bonds. The summed E-state index contributed by atoms with van der Waals surface area (Å²) >= 11 is 0. The van der Waals surface area contributed by atoms with Gasteiger partial charge in [-0.25, -0.2) is 0 Å². The fourth-order valence-electron chi connectivity index (χ4n) is 9.31. The molecule has 5 heteroatoms. The number of carbonyl (C=O) groups excluding carboxylic acids is 2. The summed E-state index contributed by atoms with van der Waals surface area (Å²) in [5, 5.41) is 9.68. The molecule has 0 aromatic heterocycles. The highest BCUT2D eigenvalue weighted by atomic mass is 16.6. The van der Waals surface area contributed by atoms with Crippen LogP contribution in [0.5, 0.6) is 0 Å². The number of aliphatic hydroxyl groups is 1. The topological polar surface area (TPSA) is 72.8 Å².